The molecule has 6 heteroatoms. The molecule has 17 heavy (non-hydrogen) atoms. The predicted octanol–water partition coefficient (Wildman–Crippen LogP) is 1.71. The summed E-state index contributed by atoms with van der Waals surface area (Å²) in [4.78, 5) is 11.7. The van der Waals surface area contributed by atoms with Gasteiger partial charge in [-0.1, -0.05) is 18.2 Å². The van der Waals surface area contributed by atoms with Crippen LogP contribution in [0.25, 0.3) is 0 Å². The van der Waals surface area contributed by atoms with Crippen molar-refractivity contribution in [3.8, 4) is 0 Å². The third kappa shape index (κ3) is 3.23. The van der Waals surface area contributed by atoms with Crippen molar-refractivity contribution in [2.45, 2.75) is 16.4 Å². The van der Waals surface area contributed by atoms with Crippen LogP contribution in [0, 0.1) is 0 Å². The van der Waals surface area contributed by atoms with Gasteiger partial charge in [-0.2, -0.15) is 0 Å². The lowest BCUT2D eigenvalue weighted by atomic mass is 10.4. The van der Waals surface area contributed by atoms with Gasteiger partial charge in [0.1, 0.15) is 0 Å². The van der Waals surface area contributed by atoms with Crippen LogP contribution in [0.3, 0.4) is 0 Å². The lowest BCUT2D eigenvalue weighted by Gasteiger charge is -2.13. The molecule has 0 bridgehead atoms. The Labute approximate surface area is 105 Å². The molecule has 1 aromatic rings. The number of esters is 1. The number of carbonyl (C=O) groups is 1. The molecule has 0 heterocycles. The molecule has 94 valence electrons. The molecular weight excluding hydrogens is 260 g/mol. The fraction of sp³-hybridized carbons (Fsp3) is 0.364. The Kier molecular flexibility index (Phi) is 5.02. The van der Waals surface area contributed by atoms with Crippen LogP contribution in [0.4, 0.5) is 0 Å². The zero-order valence-electron chi connectivity index (χ0n) is 9.62. The molecule has 1 aromatic carbocycles. The molecule has 4 nitrogen and oxygen atoms in total. The summed E-state index contributed by atoms with van der Waals surface area (Å²) >= 11 is 0.957. The van der Waals surface area contributed by atoms with Crippen LogP contribution in [0.2, 0.25) is 0 Å². The lowest BCUT2D eigenvalue weighted by Crippen LogP contribution is -2.29. The van der Waals surface area contributed by atoms with Crippen molar-refractivity contribution in [1.82, 2.24) is 0 Å². The van der Waals surface area contributed by atoms with Crippen LogP contribution in [0.15, 0.2) is 35.2 Å². The van der Waals surface area contributed by atoms with E-state index in [9.17, 15) is 13.2 Å². The minimum atomic E-state index is -3.68. The molecule has 0 fully saturated rings. The summed E-state index contributed by atoms with van der Waals surface area (Å²) in [5, 5.41) is 0. The molecule has 0 amide bonds. The van der Waals surface area contributed by atoms with Crippen molar-refractivity contribution in [2.75, 3.05) is 12.9 Å². The molecule has 1 unspecified atom stereocenters. The third-order valence-electron chi connectivity index (χ3n) is 2.05. The Morgan fingerprint density at radius 2 is 1.94 bits per heavy atom. The molecule has 0 saturated carbocycles. The molecule has 0 spiro atoms. The summed E-state index contributed by atoms with van der Waals surface area (Å²) in [6.45, 7) is 1.81. The molecule has 0 aliphatic rings. The Bertz CT molecular complexity index is 468. The smallest absolute Gasteiger partial charge is 0.335 e. The monoisotopic (exact) mass is 274 g/mol. The van der Waals surface area contributed by atoms with Crippen molar-refractivity contribution in [2.24, 2.45) is 0 Å². The molecule has 1 rings (SSSR count). The number of hydrogen-bond acceptors (Lipinski definition) is 5. The quantitative estimate of drug-likeness (QED) is 0.765. The zero-order valence-corrected chi connectivity index (χ0v) is 11.3. The third-order valence-corrected chi connectivity index (χ3v) is 5.69. The van der Waals surface area contributed by atoms with Crippen molar-refractivity contribution >= 4 is 27.6 Å². The number of rotatable bonds is 5. The van der Waals surface area contributed by atoms with Gasteiger partial charge in [0.25, 0.3) is 0 Å². The maximum Gasteiger partial charge on any atom is 0.335 e. The average molecular weight is 274 g/mol. The van der Waals surface area contributed by atoms with Crippen LogP contribution < -0.4 is 0 Å². The van der Waals surface area contributed by atoms with Crippen LogP contribution in [0.5, 0.6) is 0 Å². The summed E-state index contributed by atoms with van der Waals surface area (Å²) in [6, 6.07) is 7.90. The van der Waals surface area contributed by atoms with E-state index in [1.54, 1.807) is 31.4 Å². The van der Waals surface area contributed by atoms with Crippen LogP contribution >= 0.6 is 11.8 Å². The first-order valence-corrected chi connectivity index (χ1v) is 7.85. The first-order chi connectivity index (χ1) is 8.04. The Balaban J connectivity index is 3.07. The number of hydrogen-bond donors (Lipinski definition) is 0. The molecule has 0 saturated heterocycles. The van der Waals surface area contributed by atoms with Gasteiger partial charge in [-0.3, -0.25) is 0 Å². The van der Waals surface area contributed by atoms with E-state index in [4.69, 9.17) is 4.74 Å². The standard InChI is InChI=1S/C11H14O4S2/c1-3-15-10(12)11(16-2)17(13,14)9-7-5-4-6-8-9/h4-8,11H,3H2,1-2H3. The SMILES string of the molecule is CCOC(=O)C(SC)S(=O)(=O)c1ccccc1. The van der Waals surface area contributed by atoms with Gasteiger partial charge < -0.3 is 4.74 Å². The number of carbonyl (C=O) groups excluding carboxylic acids is 1. The second-order valence-electron chi connectivity index (χ2n) is 3.18. The summed E-state index contributed by atoms with van der Waals surface area (Å²) in [7, 11) is -3.68. The molecule has 0 aliphatic carbocycles. The Hall–Kier alpha value is -1.01. The normalized spacial score (nSPS) is 13.1. The average Bonchev–Trinajstić information content (AvgIpc) is 2.31. The highest BCUT2D eigenvalue weighted by atomic mass is 32.3. The van der Waals surface area contributed by atoms with Crippen molar-refractivity contribution in [3.05, 3.63) is 30.3 Å². The van der Waals surface area contributed by atoms with Crippen molar-refractivity contribution in [1.29, 1.82) is 0 Å². The number of thioether (sulfide) groups is 1. The van der Waals surface area contributed by atoms with E-state index in [1.807, 2.05) is 0 Å². The van der Waals surface area contributed by atoms with Gasteiger partial charge in [-0.15, -0.1) is 11.8 Å². The van der Waals surface area contributed by atoms with Crippen molar-refractivity contribution in [3.63, 3.8) is 0 Å². The van der Waals surface area contributed by atoms with Crippen molar-refractivity contribution < 1.29 is 17.9 Å². The van der Waals surface area contributed by atoms with Crippen LogP contribution in [-0.2, 0) is 19.4 Å². The molecule has 1 atom stereocenters. The summed E-state index contributed by atoms with van der Waals surface area (Å²) in [5.74, 6) is -0.719. The lowest BCUT2D eigenvalue weighted by molar-refractivity contribution is -0.140. The molecule has 0 aromatic heterocycles. The highest BCUT2D eigenvalue weighted by molar-refractivity contribution is 8.14. The Morgan fingerprint density at radius 3 is 2.41 bits per heavy atom. The molecule has 0 N–H and O–H groups in total. The molecule has 0 radical (unpaired) electrons. The van der Waals surface area contributed by atoms with E-state index >= 15 is 0 Å². The van der Waals surface area contributed by atoms with E-state index in [1.165, 1.54) is 12.1 Å². The van der Waals surface area contributed by atoms with E-state index in [0.717, 1.165) is 11.8 Å². The second-order valence-corrected chi connectivity index (χ2v) is 6.45. The van der Waals surface area contributed by atoms with E-state index in [0.29, 0.717) is 0 Å². The van der Waals surface area contributed by atoms with Gasteiger partial charge in [0.05, 0.1) is 11.5 Å². The molecular formula is C11H14O4S2. The zero-order chi connectivity index (χ0) is 12.9. The van der Waals surface area contributed by atoms with Gasteiger partial charge in [0.2, 0.25) is 14.4 Å². The topological polar surface area (TPSA) is 60.4 Å². The van der Waals surface area contributed by atoms with Gasteiger partial charge >= 0.3 is 5.97 Å². The Morgan fingerprint density at radius 1 is 1.35 bits per heavy atom. The maximum absolute atomic E-state index is 12.2. The minimum Gasteiger partial charge on any atom is -0.464 e. The summed E-state index contributed by atoms with van der Waals surface area (Å²) in [6.07, 6.45) is 1.57. The largest absolute Gasteiger partial charge is 0.464 e. The highest BCUT2D eigenvalue weighted by Crippen LogP contribution is 2.23. The van der Waals surface area contributed by atoms with E-state index < -0.39 is 20.4 Å². The number of sulfone groups is 1. The van der Waals surface area contributed by atoms with E-state index in [-0.39, 0.29) is 11.5 Å². The van der Waals surface area contributed by atoms with Gasteiger partial charge in [0.15, 0.2) is 0 Å². The predicted molar refractivity (Wildman–Crippen MR) is 67.6 cm³/mol. The number of ether oxygens (including phenoxy) is 1. The van der Waals surface area contributed by atoms with Gasteiger partial charge in [-0.05, 0) is 25.3 Å². The minimum absolute atomic E-state index is 0.132. The van der Waals surface area contributed by atoms with Gasteiger partial charge in [0, 0.05) is 0 Å². The molecule has 0 aliphatic heterocycles. The highest BCUT2D eigenvalue weighted by Gasteiger charge is 2.34. The first-order valence-electron chi connectivity index (χ1n) is 5.02. The van der Waals surface area contributed by atoms with Gasteiger partial charge in [-0.25, -0.2) is 13.2 Å². The van der Waals surface area contributed by atoms with Crippen LogP contribution in [0.1, 0.15) is 6.92 Å². The fourth-order valence-corrected chi connectivity index (χ4v) is 4.01. The summed E-state index contributed by atoms with van der Waals surface area (Å²) in [5.41, 5.74) is 0. The summed E-state index contributed by atoms with van der Waals surface area (Å²) < 4.78 is 27.9. The second kappa shape index (κ2) is 6.07. The van der Waals surface area contributed by atoms with E-state index in [2.05, 4.69) is 0 Å². The fourth-order valence-electron chi connectivity index (χ4n) is 1.29. The first kappa shape index (κ1) is 14.1. The maximum atomic E-state index is 12.2. The number of benzene rings is 1. The van der Waals surface area contributed by atoms with Crippen LogP contribution in [-0.4, -0.2) is 31.8 Å².